The molecular formula is C17H14Cl2FN3O2. The number of oxazole rings is 1. The van der Waals surface area contributed by atoms with Crippen molar-refractivity contribution >= 4 is 40.4 Å². The molecule has 0 amide bonds. The molecule has 0 saturated heterocycles. The standard InChI is InChI=1S/C17H14Cl2FN3O2/c1-2-5-11-21-14-12(10(20)8-9(18)15(14)25-11)13-16(19)22-6-3-4-7-23(22)17(13)24/h2,5,8H,3-4,6-7H2,1H3/b5-2+. The van der Waals surface area contributed by atoms with Crippen molar-refractivity contribution < 1.29 is 8.81 Å². The van der Waals surface area contributed by atoms with Gasteiger partial charge in [0.15, 0.2) is 5.58 Å². The summed E-state index contributed by atoms with van der Waals surface area (Å²) in [5.74, 6) is -0.369. The number of nitrogens with zero attached hydrogens (tertiary/aromatic N) is 3. The number of fused-ring (bicyclic) bond motifs is 2. The van der Waals surface area contributed by atoms with Gasteiger partial charge in [-0.15, -0.1) is 0 Å². The molecule has 1 aliphatic rings. The van der Waals surface area contributed by atoms with Gasteiger partial charge >= 0.3 is 0 Å². The number of hydrogen-bond acceptors (Lipinski definition) is 3. The third kappa shape index (κ3) is 2.43. The van der Waals surface area contributed by atoms with Crippen LogP contribution in [-0.4, -0.2) is 14.3 Å². The van der Waals surface area contributed by atoms with Gasteiger partial charge in [-0.05, 0) is 31.9 Å². The molecule has 0 N–H and O–H groups in total. The molecule has 1 aliphatic heterocycles. The first kappa shape index (κ1) is 16.4. The number of halogens is 3. The molecule has 3 aromatic rings. The molecule has 1 aromatic carbocycles. The maximum Gasteiger partial charge on any atom is 0.276 e. The van der Waals surface area contributed by atoms with E-state index in [-0.39, 0.29) is 43.9 Å². The minimum absolute atomic E-state index is 0.0308. The Bertz CT molecular complexity index is 1080. The van der Waals surface area contributed by atoms with Crippen LogP contribution in [0, 0.1) is 5.82 Å². The molecule has 5 nitrogen and oxygen atoms in total. The van der Waals surface area contributed by atoms with Crippen LogP contribution in [-0.2, 0) is 13.1 Å². The molecule has 0 fully saturated rings. The second-order valence-electron chi connectivity index (χ2n) is 5.87. The molecule has 8 heteroatoms. The fourth-order valence-electron chi connectivity index (χ4n) is 3.22. The smallest absolute Gasteiger partial charge is 0.276 e. The maximum atomic E-state index is 14.8. The molecule has 130 valence electrons. The van der Waals surface area contributed by atoms with Crippen LogP contribution in [0.2, 0.25) is 10.2 Å². The van der Waals surface area contributed by atoms with Gasteiger partial charge in [0.05, 0.1) is 16.1 Å². The summed E-state index contributed by atoms with van der Waals surface area (Å²) in [6.07, 6.45) is 5.18. The number of hydrogen-bond donors (Lipinski definition) is 0. The Balaban J connectivity index is 2.08. The van der Waals surface area contributed by atoms with Crippen LogP contribution in [0.1, 0.15) is 25.7 Å². The summed E-state index contributed by atoms with van der Waals surface area (Å²) in [6.45, 7) is 2.98. The van der Waals surface area contributed by atoms with Crippen molar-refractivity contribution in [1.29, 1.82) is 0 Å². The normalized spacial score (nSPS) is 14.6. The van der Waals surface area contributed by atoms with Crippen molar-refractivity contribution in [2.45, 2.75) is 32.9 Å². The molecule has 0 unspecified atom stereocenters. The lowest BCUT2D eigenvalue weighted by atomic mass is 10.1. The fourth-order valence-corrected chi connectivity index (χ4v) is 3.79. The van der Waals surface area contributed by atoms with Gasteiger partial charge in [0.1, 0.15) is 16.5 Å². The Hall–Kier alpha value is -2.05. The van der Waals surface area contributed by atoms with Crippen LogP contribution >= 0.6 is 23.2 Å². The predicted octanol–water partition coefficient (Wildman–Crippen LogP) is 4.73. The van der Waals surface area contributed by atoms with Gasteiger partial charge in [-0.2, -0.15) is 0 Å². The van der Waals surface area contributed by atoms with Gasteiger partial charge in [0.2, 0.25) is 5.89 Å². The number of rotatable bonds is 2. The summed E-state index contributed by atoms with van der Waals surface area (Å²) >= 11 is 12.5. The minimum atomic E-state index is -0.652. The second-order valence-corrected chi connectivity index (χ2v) is 6.63. The van der Waals surface area contributed by atoms with E-state index in [2.05, 4.69) is 4.98 Å². The van der Waals surface area contributed by atoms with E-state index in [1.807, 2.05) is 6.92 Å². The minimum Gasteiger partial charge on any atom is -0.435 e. The third-order valence-electron chi connectivity index (χ3n) is 4.31. The van der Waals surface area contributed by atoms with E-state index < -0.39 is 5.82 Å². The Kier molecular flexibility index (Phi) is 3.96. The van der Waals surface area contributed by atoms with Crippen molar-refractivity contribution in [3.63, 3.8) is 0 Å². The fraction of sp³-hybridized carbons (Fsp3) is 0.294. The van der Waals surface area contributed by atoms with Gasteiger partial charge in [0.25, 0.3) is 5.56 Å². The average Bonchev–Trinajstić information content (AvgIpc) is 3.11. The van der Waals surface area contributed by atoms with Crippen molar-refractivity contribution in [2.24, 2.45) is 0 Å². The quantitative estimate of drug-likeness (QED) is 0.644. The first-order chi connectivity index (χ1) is 12.0. The Morgan fingerprint density at radius 3 is 2.64 bits per heavy atom. The van der Waals surface area contributed by atoms with E-state index in [0.29, 0.717) is 13.1 Å². The van der Waals surface area contributed by atoms with Crippen molar-refractivity contribution in [1.82, 2.24) is 14.3 Å². The highest BCUT2D eigenvalue weighted by Crippen LogP contribution is 2.38. The van der Waals surface area contributed by atoms with Crippen LogP contribution in [0.25, 0.3) is 28.3 Å². The molecule has 0 aliphatic carbocycles. The van der Waals surface area contributed by atoms with Crippen LogP contribution in [0.4, 0.5) is 4.39 Å². The predicted molar refractivity (Wildman–Crippen MR) is 95.6 cm³/mol. The second kappa shape index (κ2) is 6.04. The van der Waals surface area contributed by atoms with E-state index in [4.69, 9.17) is 27.6 Å². The van der Waals surface area contributed by atoms with E-state index in [1.165, 1.54) is 0 Å². The largest absolute Gasteiger partial charge is 0.435 e. The van der Waals surface area contributed by atoms with Crippen LogP contribution < -0.4 is 5.56 Å². The highest BCUT2D eigenvalue weighted by Gasteiger charge is 2.28. The molecule has 0 bridgehead atoms. The number of aromatic nitrogens is 3. The summed E-state index contributed by atoms with van der Waals surface area (Å²) in [5, 5.41) is 0.308. The third-order valence-corrected chi connectivity index (χ3v) is 4.98. The van der Waals surface area contributed by atoms with Crippen molar-refractivity contribution in [3.8, 4) is 11.1 Å². The summed E-state index contributed by atoms with van der Waals surface area (Å²) in [5.41, 5.74) is 0.227. The van der Waals surface area contributed by atoms with E-state index in [9.17, 15) is 9.18 Å². The van der Waals surface area contributed by atoms with Gasteiger partial charge in [-0.25, -0.2) is 14.1 Å². The monoisotopic (exact) mass is 381 g/mol. The number of allylic oxidation sites excluding steroid dienone is 1. The summed E-state index contributed by atoms with van der Waals surface area (Å²) < 4.78 is 23.6. The van der Waals surface area contributed by atoms with E-state index in [0.717, 1.165) is 18.9 Å². The van der Waals surface area contributed by atoms with Crippen molar-refractivity contribution in [2.75, 3.05) is 0 Å². The molecule has 0 radical (unpaired) electrons. The summed E-state index contributed by atoms with van der Waals surface area (Å²) in [6, 6.07) is 1.13. The highest BCUT2D eigenvalue weighted by molar-refractivity contribution is 6.36. The molecule has 0 saturated carbocycles. The zero-order chi connectivity index (χ0) is 17.7. The number of benzene rings is 1. The van der Waals surface area contributed by atoms with Crippen molar-refractivity contribution in [3.05, 3.63) is 44.4 Å². The van der Waals surface area contributed by atoms with Crippen LogP contribution in [0.3, 0.4) is 0 Å². The molecule has 0 atom stereocenters. The lowest BCUT2D eigenvalue weighted by molar-refractivity contribution is 0.356. The SMILES string of the molecule is C/C=C/c1nc2c(-c3c(Cl)n4n(c3=O)CCCC4)c(F)cc(Cl)c2o1. The van der Waals surface area contributed by atoms with Crippen LogP contribution in [0.15, 0.2) is 21.4 Å². The topological polar surface area (TPSA) is 53.0 Å². The Morgan fingerprint density at radius 2 is 1.96 bits per heavy atom. The maximum absolute atomic E-state index is 14.8. The Labute approximate surface area is 152 Å². The van der Waals surface area contributed by atoms with Gasteiger partial charge in [0, 0.05) is 13.1 Å². The molecular weight excluding hydrogens is 368 g/mol. The Morgan fingerprint density at radius 1 is 1.24 bits per heavy atom. The lowest BCUT2D eigenvalue weighted by Gasteiger charge is -2.17. The molecule has 3 heterocycles. The lowest BCUT2D eigenvalue weighted by Crippen LogP contribution is -2.27. The molecule has 25 heavy (non-hydrogen) atoms. The zero-order valence-electron chi connectivity index (χ0n) is 13.4. The molecule has 4 rings (SSSR count). The molecule has 2 aromatic heterocycles. The first-order valence-electron chi connectivity index (χ1n) is 7.93. The van der Waals surface area contributed by atoms with E-state index >= 15 is 0 Å². The van der Waals surface area contributed by atoms with Crippen LogP contribution in [0.5, 0.6) is 0 Å². The highest BCUT2D eigenvalue weighted by atomic mass is 35.5. The van der Waals surface area contributed by atoms with Gasteiger partial charge in [-0.3, -0.25) is 9.48 Å². The van der Waals surface area contributed by atoms with Gasteiger partial charge in [-0.1, -0.05) is 29.3 Å². The summed E-state index contributed by atoms with van der Waals surface area (Å²) in [4.78, 5) is 17.1. The zero-order valence-corrected chi connectivity index (χ0v) is 14.9. The van der Waals surface area contributed by atoms with Gasteiger partial charge < -0.3 is 4.42 Å². The average molecular weight is 382 g/mol. The first-order valence-corrected chi connectivity index (χ1v) is 8.69. The molecule has 0 spiro atoms. The van der Waals surface area contributed by atoms with E-state index in [1.54, 1.807) is 21.5 Å². The summed E-state index contributed by atoms with van der Waals surface area (Å²) in [7, 11) is 0.